The van der Waals surface area contributed by atoms with Crippen LogP contribution < -0.4 is 5.32 Å². The van der Waals surface area contributed by atoms with Gasteiger partial charge in [-0.15, -0.1) is 0 Å². The average Bonchev–Trinajstić information content (AvgIpc) is 2.69. The van der Waals surface area contributed by atoms with Crippen LogP contribution in [0.4, 0.5) is 4.79 Å². The summed E-state index contributed by atoms with van der Waals surface area (Å²) in [5.74, 6) is 0. The Bertz CT molecular complexity index is 364. The maximum absolute atomic E-state index is 11.7. The van der Waals surface area contributed by atoms with Gasteiger partial charge in [0.2, 0.25) is 0 Å². The molecule has 2 rings (SSSR count). The van der Waals surface area contributed by atoms with Crippen molar-refractivity contribution in [3.8, 4) is 0 Å². The van der Waals surface area contributed by atoms with Gasteiger partial charge in [-0.25, -0.2) is 4.79 Å². The van der Waals surface area contributed by atoms with E-state index in [1.807, 2.05) is 14.0 Å². The zero-order valence-corrected chi connectivity index (χ0v) is 9.86. The third-order valence-electron chi connectivity index (χ3n) is 3.20. The molecule has 0 atom stereocenters. The highest BCUT2D eigenvalue weighted by Crippen LogP contribution is 2.21. The van der Waals surface area contributed by atoms with E-state index >= 15 is 0 Å². The van der Waals surface area contributed by atoms with E-state index < -0.39 is 0 Å². The number of carbonyl (C=O) groups is 1. The lowest BCUT2D eigenvalue weighted by atomic mass is 10.1. The number of nitrogens with one attached hydrogen (secondary N) is 1. The molecular formula is C13H18N2O. The second kappa shape index (κ2) is 4.56. The molecule has 1 N–H and O–H groups in total. The molecule has 86 valence electrons. The Morgan fingerprint density at radius 1 is 1.38 bits per heavy atom. The predicted molar refractivity (Wildman–Crippen MR) is 64.5 cm³/mol. The largest absolute Gasteiger partial charge is 0.335 e. The van der Waals surface area contributed by atoms with Crippen molar-refractivity contribution in [2.45, 2.75) is 25.8 Å². The molecular weight excluding hydrogens is 200 g/mol. The number of amides is 2. The normalized spacial score (nSPS) is 14.6. The van der Waals surface area contributed by atoms with Crippen molar-refractivity contribution >= 4 is 6.03 Å². The lowest BCUT2D eigenvalue weighted by Gasteiger charge is -2.19. The van der Waals surface area contributed by atoms with Gasteiger partial charge in [-0.2, -0.15) is 0 Å². The highest BCUT2D eigenvalue weighted by molar-refractivity contribution is 5.74. The fraction of sp³-hybridized carbons (Fsp3) is 0.462. The van der Waals surface area contributed by atoms with Crippen LogP contribution in [0.3, 0.4) is 0 Å². The van der Waals surface area contributed by atoms with Crippen LogP contribution >= 0.6 is 0 Å². The summed E-state index contributed by atoms with van der Waals surface area (Å²) in [6.45, 7) is 2.72. The van der Waals surface area contributed by atoms with Gasteiger partial charge < -0.3 is 10.2 Å². The van der Waals surface area contributed by atoms with Gasteiger partial charge in [0.1, 0.15) is 0 Å². The number of benzene rings is 1. The van der Waals surface area contributed by atoms with Crippen LogP contribution in [0.15, 0.2) is 24.3 Å². The average molecular weight is 218 g/mol. The van der Waals surface area contributed by atoms with E-state index in [1.54, 1.807) is 4.90 Å². The van der Waals surface area contributed by atoms with Crippen molar-refractivity contribution in [1.29, 1.82) is 0 Å². The molecule has 0 aromatic heterocycles. The molecule has 0 aliphatic heterocycles. The maximum atomic E-state index is 11.7. The molecule has 0 saturated heterocycles. The second-order valence-electron chi connectivity index (χ2n) is 4.34. The van der Waals surface area contributed by atoms with Crippen molar-refractivity contribution in [1.82, 2.24) is 10.2 Å². The van der Waals surface area contributed by atoms with E-state index in [4.69, 9.17) is 0 Å². The van der Waals surface area contributed by atoms with Crippen LogP contribution in [-0.2, 0) is 12.8 Å². The predicted octanol–water partition coefficient (Wildman–Crippen LogP) is 1.82. The minimum atomic E-state index is 0.0281. The van der Waals surface area contributed by atoms with Crippen molar-refractivity contribution < 1.29 is 4.79 Å². The van der Waals surface area contributed by atoms with Gasteiger partial charge in [0.05, 0.1) is 0 Å². The number of nitrogens with zero attached hydrogens (tertiary/aromatic N) is 1. The van der Waals surface area contributed by atoms with Gasteiger partial charge in [0.15, 0.2) is 0 Å². The summed E-state index contributed by atoms with van der Waals surface area (Å²) in [6, 6.07) is 8.69. The first kappa shape index (κ1) is 11.0. The van der Waals surface area contributed by atoms with Crippen molar-refractivity contribution in [3.05, 3.63) is 35.4 Å². The van der Waals surface area contributed by atoms with E-state index in [0.29, 0.717) is 0 Å². The third kappa shape index (κ3) is 2.18. The Labute approximate surface area is 96.5 Å². The molecule has 1 aliphatic rings. The number of hydrogen-bond acceptors (Lipinski definition) is 1. The minimum absolute atomic E-state index is 0.0281. The number of carbonyl (C=O) groups excluding carboxylic acids is 1. The van der Waals surface area contributed by atoms with E-state index in [0.717, 1.165) is 19.4 Å². The molecule has 0 radical (unpaired) electrons. The van der Waals surface area contributed by atoms with Gasteiger partial charge in [-0.05, 0) is 30.9 Å². The molecule has 1 aromatic rings. The summed E-state index contributed by atoms with van der Waals surface area (Å²) in [7, 11) is 1.82. The van der Waals surface area contributed by atoms with Crippen LogP contribution in [0.1, 0.15) is 18.1 Å². The number of fused-ring (bicyclic) bond motifs is 1. The van der Waals surface area contributed by atoms with E-state index in [2.05, 4.69) is 29.6 Å². The van der Waals surface area contributed by atoms with Crippen LogP contribution in [0, 0.1) is 0 Å². The van der Waals surface area contributed by atoms with E-state index in [-0.39, 0.29) is 12.1 Å². The molecule has 1 aliphatic carbocycles. The van der Waals surface area contributed by atoms with Crippen molar-refractivity contribution in [2.24, 2.45) is 0 Å². The molecule has 0 saturated carbocycles. The number of urea groups is 1. The Morgan fingerprint density at radius 2 is 1.94 bits per heavy atom. The van der Waals surface area contributed by atoms with Gasteiger partial charge >= 0.3 is 6.03 Å². The quantitative estimate of drug-likeness (QED) is 0.806. The van der Waals surface area contributed by atoms with Gasteiger partial charge in [-0.3, -0.25) is 0 Å². The summed E-state index contributed by atoms with van der Waals surface area (Å²) < 4.78 is 0. The fourth-order valence-corrected chi connectivity index (χ4v) is 2.09. The summed E-state index contributed by atoms with van der Waals surface area (Å²) in [5, 5.41) is 3.06. The first-order valence-corrected chi connectivity index (χ1v) is 5.79. The molecule has 3 nitrogen and oxygen atoms in total. The molecule has 0 bridgehead atoms. The number of hydrogen-bond donors (Lipinski definition) is 1. The monoisotopic (exact) mass is 218 g/mol. The molecule has 0 spiro atoms. The van der Waals surface area contributed by atoms with Gasteiger partial charge in [0.25, 0.3) is 0 Å². The lowest BCUT2D eigenvalue weighted by molar-refractivity contribution is 0.207. The summed E-state index contributed by atoms with van der Waals surface area (Å²) >= 11 is 0. The Kier molecular flexibility index (Phi) is 3.13. The van der Waals surface area contributed by atoms with Crippen molar-refractivity contribution in [2.75, 3.05) is 13.6 Å². The molecule has 16 heavy (non-hydrogen) atoms. The van der Waals surface area contributed by atoms with Crippen LogP contribution in [-0.4, -0.2) is 30.6 Å². The Balaban J connectivity index is 1.95. The Morgan fingerprint density at radius 3 is 2.44 bits per heavy atom. The maximum Gasteiger partial charge on any atom is 0.317 e. The fourth-order valence-electron chi connectivity index (χ4n) is 2.09. The highest BCUT2D eigenvalue weighted by Gasteiger charge is 2.22. The Hall–Kier alpha value is -1.51. The molecule has 3 heteroatoms. The first-order valence-electron chi connectivity index (χ1n) is 5.79. The third-order valence-corrected chi connectivity index (χ3v) is 3.20. The van der Waals surface area contributed by atoms with Gasteiger partial charge in [0, 0.05) is 19.6 Å². The summed E-state index contributed by atoms with van der Waals surface area (Å²) in [6.07, 6.45) is 1.92. The standard InChI is InChI=1S/C13H18N2O/c1-3-15(2)13(16)14-12-8-10-6-4-5-7-11(10)9-12/h4-7,12H,3,8-9H2,1-2H3,(H,14,16). The second-order valence-corrected chi connectivity index (χ2v) is 4.34. The SMILES string of the molecule is CCN(C)C(=O)NC1Cc2ccccc2C1. The van der Waals surface area contributed by atoms with Crippen molar-refractivity contribution in [3.63, 3.8) is 0 Å². The minimum Gasteiger partial charge on any atom is -0.335 e. The van der Waals surface area contributed by atoms with Gasteiger partial charge in [-0.1, -0.05) is 24.3 Å². The molecule has 0 unspecified atom stereocenters. The smallest absolute Gasteiger partial charge is 0.317 e. The first-order chi connectivity index (χ1) is 7.70. The van der Waals surface area contributed by atoms with E-state index in [1.165, 1.54) is 11.1 Å². The van der Waals surface area contributed by atoms with Crippen LogP contribution in [0.5, 0.6) is 0 Å². The molecule has 2 amide bonds. The molecule has 0 heterocycles. The zero-order chi connectivity index (χ0) is 11.5. The number of rotatable bonds is 2. The summed E-state index contributed by atoms with van der Waals surface area (Å²) in [4.78, 5) is 13.4. The summed E-state index contributed by atoms with van der Waals surface area (Å²) in [5.41, 5.74) is 2.74. The molecule has 0 fully saturated rings. The van der Waals surface area contributed by atoms with E-state index in [9.17, 15) is 4.79 Å². The lowest BCUT2D eigenvalue weighted by Crippen LogP contribution is -2.43. The van der Waals surface area contributed by atoms with Crippen LogP contribution in [0.25, 0.3) is 0 Å². The van der Waals surface area contributed by atoms with Crippen LogP contribution in [0.2, 0.25) is 0 Å². The molecule has 1 aromatic carbocycles. The zero-order valence-electron chi connectivity index (χ0n) is 9.86. The topological polar surface area (TPSA) is 32.3 Å². The highest BCUT2D eigenvalue weighted by atomic mass is 16.2.